The van der Waals surface area contributed by atoms with Gasteiger partial charge in [-0.2, -0.15) is 0 Å². The second-order valence-corrected chi connectivity index (χ2v) is 8.04. The first-order valence-electron chi connectivity index (χ1n) is 8.63. The number of halogens is 2. The van der Waals surface area contributed by atoms with E-state index >= 15 is 0 Å². The maximum absolute atomic E-state index is 13.1. The van der Waals surface area contributed by atoms with Gasteiger partial charge in [0.15, 0.2) is 11.6 Å². The molecule has 2 unspecified atom stereocenters. The Balaban J connectivity index is 1.71. The average Bonchev–Trinajstić information content (AvgIpc) is 3.27. The predicted molar refractivity (Wildman–Crippen MR) is 115 cm³/mol. The van der Waals surface area contributed by atoms with Crippen LogP contribution in [0.1, 0.15) is 11.1 Å². The molecule has 2 atom stereocenters. The number of nitrogens with two attached hydrogens (primary N) is 1. The molecular formula is C19H16BrClN6O2. The summed E-state index contributed by atoms with van der Waals surface area (Å²) < 4.78 is 0.751. The lowest BCUT2D eigenvalue weighted by molar-refractivity contribution is -0.129. The van der Waals surface area contributed by atoms with Gasteiger partial charge in [0.1, 0.15) is 0 Å². The molecule has 0 spiro atoms. The van der Waals surface area contributed by atoms with E-state index in [1.807, 2.05) is 19.1 Å². The number of nitrogens with zero attached hydrogens (tertiary/aromatic N) is 2. The Kier molecular flexibility index (Phi) is 4.79. The molecule has 0 radical (unpaired) electrons. The van der Waals surface area contributed by atoms with Crippen LogP contribution in [0.15, 0.2) is 45.9 Å². The Morgan fingerprint density at radius 2 is 2.07 bits per heavy atom. The van der Waals surface area contributed by atoms with E-state index in [-0.39, 0.29) is 5.95 Å². The first kappa shape index (κ1) is 19.4. The number of aromatic nitrogens is 2. The van der Waals surface area contributed by atoms with Gasteiger partial charge >= 0.3 is 0 Å². The van der Waals surface area contributed by atoms with Gasteiger partial charge in [-0.25, -0.2) is 4.98 Å². The minimum atomic E-state index is -1.52. The summed E-state index contributed by atoms with van der Waals surface area (Å²) in [7, 11) is 0. The van der Waals surface area contributed by atoms with Crippen molar-refractivity contribution in [1.82, 2.24) is 15.3 Å². The number of fused-ring (bicyclic) bond motifs is 1. The molecule has 1 aliphatic heterocycles. The number of benzene rings is 2. The standard InChI is InChI=1S/C19H16BrClN6O2/c1-9-2-3-10(20)6-12(9)19(17(22)29)15(23-8-24-19)16(28)27-18-25-13-5-4-11(21)7-14(13)26-18/h2-8,15H,1H3,(H2,22,29)(H,23,24)(H2,25,26,27,28). The second kappa shape index (κ2) is 7.16. The smallest absolute Gasteiger partial charge is 0.254 e. The van der Waals surface area contributed by atoms with Crippen molar-refractivity contribution in [3.63, 3.8) is 0 Å². The van der Waals surface area contributed by atoms with Gasteiger partial charge in [0.2, 0.25) is 5.95 Å². The molecule has 0 fully saturated rings. The quantitative estimate of drug-likeness (QED) is 0.463. The SMILES string of the molecule is Cc1ccc(Br)cc1C1(C(N)=O)NC=NC1C(=O)Nc1nc2ccc(Cl)cc2[nH]1. The van der Waals surface area contributed by atoms with Crippen LogP contribution in [0.2, 0.25) is 5.02 Å². The summed E-state index contributed by atoms with van der Waals surface area (Å²) in [6.07, 6.45) is 1.33. The first-order chi connectivity index (χ1) is 13.8. The minimum Gasteiger partial charge on any atom is -0.367 e. The van der Waals surface area contributed by atoms with Gasteiger partial charge in [0.25, 0.3) is 11.8 Å². The van der Waals surface area contributed by atoms with E-state index in [0.717, 1.165) is 10.0 Å². The molecular weight excluding hydrogens is 460 g/mol. The van der Waals surface area contributed by atoms with Gasteiger partial charge in [0, 0.05) is 9.50 Å². The second-order valence-electron chi connectivity index (χ2n) is 6.69. The van der Waals surface area contributed by atoms with Crippen molar-refractivity contribution >= 4 is 62.7 Å². The number of H-pyrrole nitrogens is 1. The molecule has 2 aromatic carbocycles. The molecule has 148 valence electrons. The van der Waals surface area contributed by atoms with Crippen LogP contribution < -0.4 is 16.4 Å². The lowest BCUT2D eigenvalue weighted by atomic mass is 9.80. The predicted octanol–water partition coefficient (Wildman–Crippen LogP) is 2.61. The third-order valence-corrected chi connectivity index (χ3v) is 5.60. The van der Waals surface area contributed by atoms with E-state index in [1.54, 1.807) is 24.3 Å². The molecule has 1 aliphatic rings. The number of carbonyl (C=O) groups is 2. The highest BCUT2D eigenvalue weighted by Crippen LogP contribution is 2.34. The summed E-state index contributed by atoms with van der Waals surface area (Å²) in [5.41, 5.74) is 6.92. The molecule has 3 aromatic rings. The lowest BCUT2D eigenvalue weighted by Crippen LogP contribution is -2.59. The highest BCUT2D eigenvalue weighted by atomic mass is 79.9. The number of carbonyl (C=O) groups excluding carboxylic acids is 2. The normalized spacial score (nSPS) is 20.6. The Morgan fingerprint density at radius 3 is 2.83 bits per heavy atom. The third kappa shape index (κ3) is 3.26. The maximum Gasteiger partial charge on any atom is 0.254 e. The monoisotopic (exact) mass is 474 g/mol. The fourth-order valence-corrected chi connectivity index (χ4v) is 4.01. The summed E-state index contributed by atoms with van der Waals surface area (Å²) in [6, 6.07) is 9.45. The molecule has 0 saturated heterocycles. The van der Waals surface area contributed by atoms with Gasteiger partial charge in [-0.1, -0.05) is 33.6 Å². The number of amides is 2. The highest BCUT2D eigenvalue weighted by Gasteiger charge is 2.53. The number of aryl methyl sites for hydroxylation is 1. The number of hydrogen-bond acceptors (Lipinski definition) is 5. The zero-order chi connectivity index (χ0) is 20.8. The Hall–Kier alpha value is -2.91. The van der Waals surface area contributed by atoms with Crippen molar-refractivity contribution in [3.05, 3.63) is 57.0 Å². The van der Waals surface area contributed by atoms with Crippen LogP contribution in [0.25, 0.3) is 11.0 Å². The Labute approximate surface area is 179 Å². The van der Waals surface area contributed by atoms with Crippen LogP contribution in [-0.4, -0.2) is 34.2 Å². The number of aliphatic imine (C=N–C) groups is 1. The summed E-state index contributed by atoms with van der Waals surface area (Å²) in [6.45, 7) is 1.84. The van der Waals surface area contributed by atoms with Crippen LogP contribution >= 0.6 is 27.5 Å². The van der Waals surface area contributed by atoms with Gasteiger partial charge in [0.05, 0.1) is 17.4 Å². The summed E-state index contributed by atoms with van der Waals surface area (Å²) in [4.78, 5) is 37.2. The molecule has 1 aromatic heterocycles. The number of hydrogen-bond donors (Lipinski definition) is 4. The van der Waals surface area contributed by atoms with Gasteiger partial charge in [-0.3, -0.25) is 19.9 Å². The van der Waals surface area contributed by atoms with Gasteiger partial charge in [-0.15, -0.1) is 0 Å². The van der Waals surface area contributed by atoms with Crippen molar-refractivity contribution in [3.8, 4) is 0 Å². The minimum absolute atomic E-state index is 0.221. The average molecular weight is 476 g/mol. The molecule has 0 aliphatic carbocycles. The molecule has 10 heteroatoms. The zero-order valence-electron chi connectivity index (χ0n) is 15.2. The van der Waals surface area contributed by atoms with E-state index < -0.39 is 23.4 Å². The molecule has 29 heavy (non-hydrogen) atoms. The molecule has 2 heterocycles. The van der Waals surface area contributed by atoms with Gasteiger partial charge < -0.3 is 16.0 Å². The van der Waals surface area contributed by atoms with E-state index in [4.69, 9.17) is 17.3 Å². The maximum atomic E-state index is 13.1. The van der Waals surface area contributed by atoms with E-state index in [2.05, 4.69) is 41.5 Å². The zero-order valence-corrected chi connectivity index (χ0v) is 17.5. The number of rotatable bonds is 4. The fourth-order valence-electron chi connectivity index (χ4n) is 3.48. The molecule has 8 nitrogen and oxygen atoms in total. The molecule has 0 saturated carbocycles. The third-order valence-electron chi connectivity index (χ3n) is 4.87. The topological polar surface area (TPSA) is 125 Å². The van der Waals surface area contributed by atoms with E-state index in [0.29, 0.717) is 21.6 Å². The van der Waals surface area contributed by atoms with Crippen molar-refractivity contribution in [2.75, 3.05) is 5.32 Å². The highest BCUT2D eigenvalue weighted by molar-refractivity contribution is 9.10. The lowest BCUT2D eigenvalue weighted by Gasteiger charge is -2.32. The molecule has 2 amide bonds. The number of anilines is 1. The van der Waals surface area contributed by atoms with E-state index in [9.17, 15) is 9.59 Å². The van der Waals surface area contributed by atoms with Crippen LogP contribution in [0.5, 0.6) is 0 Å². The fraction of sp³-hybridized carbons (Fsp3) is 0.158. The first-order valence-corrected chi connectivity index (χ1v) is 9.80. The number of aromatic amines is 1. The largest absolute Gasteiger partial charge is 0.367 e. The van der Waals surface area contributed by atoms with Crippen molar-refractivity contribution < 1.29 is 9.59 Å². The molecule has 5 N–H and O–H groups in total. The molecule has 4 rings (SSSR count). The van der Waals surface area contributed by atoms with Crippen molar-refractivity contribution in [2.24, 2.45) is 10.7 Å². The van der Waals surface area contributed by atoms with Gasteiger partial charge in [-0.05, 0) is 48.4 Å². The van der Waals surface area contributed by atoms with Crippen LogP contribution in [0, 0.1) is 6.92 Å². The number of primary amides is 1. The Bertz CT molecular complexity index is 1180. The number of imidazole rings is 1. The summed E-state index contributed by atoms with van der Waals surface area (Å²) in [5, 5.41) is 6.14. The number of nitrogens with one attached hydrogen (secondary N) is 3. The summed E-state index contributed by atoms with van der Waals surface area (Å²) in [5.74, 6) is -1.03. The van der Waals surface area contributed by atoms with Crippen molar-refractivity contribution in [2.45, 2.75) is 18.5 Å². The molecule has 0 bridgehead atoms. The van der Waals surface area contributed by atoms with Crippen molar-refractivity contribution in [1.29, 1.82) is 0 Å². The van der Waals surface area contributed by atoms with Crippen LogP contribution in [0.4, 0.5) is 5.95 Å². The van der Waals surface area contributed by atoms with Crippen LogP contribution in [-0.2, 0) is 15.1 Å². The van der Waals surface area contributed by atoms with E-state index in [1.165, 1.54) is 6.34 Å². The van der Waals surface area contributed by atoms with Crippen LogP contribution in [0.3, 0.4) is 0 Å². The summed E-state index contributed by atoms with van der Waals surface area (Å²) >= 11 is 9.39. The Morgan fingerprint density at radius 1 is 1.28 bits per heavy atom.